The summed E-state index contributed by atoms with van der Waals surface area (Å²) in [5, 5.41) is 3.40. The molecule has 0 aliphatic heterocycles. The van der Waals surface area contributed by atoms with Gasteiger partial charge in [0.1, 0.15) is 0 Å². The standard InChI is InChI=1S/C17H33N3S/c1-5-18-14-16-10-11-17(21-16)15-20(8-4)13-9-12-19(6-2)7-3/h10-11,18H,5-9,12-15H2,1-4H3. The van der Waals surface area contributed by atoms with E-state index in [-0.39, 0.29) is 0 Å². The fourth-order valence-electron chi connectivity index (χ4n) is 2.48. The maximum Gasteiger partial charge on any atom is 0.0327 e. The number of hydrogen-bond acceptors (Lipinski definition) is 4. The van der Waals surface area contributed by atoms with Crippen LogP contribution in [0.3, 0.4) is 0 Å². The molecule has 0 atom stereocenters. The quantitative estimate of drug-likeness (QED) is 0.638. The van der Waals surface area contributed by atoms with Crippen molar-refractivity contribution in [1.29, 1.82) is 0 Å². The van der Waals surface area contributed by atoms with Crippen LogP contribution in [0.2, 0.25) is 0 Å². The molecule has 1 aromatic rings. The summed E-state index contributed by atoms with van der Waals surface area (Å²) in [5.74, 6) is 0. The Hall–Kier alpha value is -0.420. The van der Waals surface area contributed by atoms with Crippen LogP contribution in [0.5, 0.6) is 0 Å². The summed E-state index contributed by atoms with van der Waals surface area (Å²) in [4.78, 5) is 8.01. The molecule has 0 bridgehead atoms. The molecule has 21 heavy (non-hydrogen) atoms. The Bertz CT molecular complexity index is 361. The van der Waals surface area contributed by atoms with Crippen molar-refractivity contribution in [3.8, 4) is 0 Å². The number of nitrogens with zero attached hydrogens (tertiary/aromatic N) is 2. The van der Waals surface area contributed by atoms with Gasteiger partial charge in [-0.05, 0) is 57.8 Å². The highest BCUT2D eigenvalue weighted by atomic mass is 32.1. The first-order valence-corrected chi connectivity index (χ1v) is 9.28. The van der Waals surface area contributed by atoms with Gasteiger partial charge >= 0.3 is 0 Å². The van der Waals surface area contributed by atoms with Crippen molar-refractivity contribution in [1.82, 2.24) is 15.1 Å². The van der Waals surface area contributed by atoms with Crippen LogP contribution in [0.25, 0.3) is 0 Å². The lowest BCUT2D eigenvalue weighted by Crippen LogP contribution is -2.29. The summed E-state index contributed by atoms with van der Waals surface area (Å²) in [7, 11) is 0. The first-order valence-electron chi connectivity index (χ1n) is 8.46. The second kappa shape index (κ2) is 11.2. The molecule has 1 aromatic heterocycles. The Morgan fingerprint density at radius 3 is 2.14 bits per heavy atom. The predicted molar refractivity (Wildman–Crippen MR) is 95.1 cm³/mol. The zero-order valence-electron chi connectivity index (χ0n) is 14.3. The van der Waals surface area contributed by atoms with Crippen molar-refractivity contribution >= 4 is 11.3 Å². The Labute approximate surface area is 135 Å². The minimum Gasteiger partial charge on any atom is -0.312 e. The van der Waals surface area contributed by atoms with E-state index >= 15 is 0 Å². The highest BCUT2D eigenvalue weighted by Gasteiger charge is 2.07. The van der Waals surface area contributed by atoms with Crippen molar-refractivity contribution in [3.05, 3.63) is 21.9 Å². The Morgan fingerprint density at radius 2 is 1.52 bits per heavy atom. The van der Waals surface area contributed by atoms with Gasteiger partial charge in [0.2, 0.25) is 0 Å². The van der Waals surface area contributed by atoms with E-state index in [0.29, 0.717) is 0 Å². The van der Waals surface area contributed by atoms with Gasteiger partial charge in [-0.2, -0.15) is 0 Å². The van der Waals surface area contributed by atoms with E-state index in [4.69, 9.17) is 0 Å². The normalized spacial score (nSPS) is 11.7. The molecule has 0 unspecified atom stereocenters. The first-order chi connectivity index (χ1) is 10.2. The molecule has 0 aliphatic rings. The molecule has 0 saturated heterocycles. The molecule has 0 aliphatic carbocycles. The second-order valence-corrected chi connectivity index (χ2v) is 6.65. The highest BCUT2D eigenvalue weighted by molar-refractivity contribution is 7.11. The lowest BCUT2D eigenvalue weighted by atomic mass is 10.3. The van der Waals surface area contributed by atoms with Crippen molar-refractivity contribution in [2.75, 3.05) is 39.3 Å². The molecular formula is C17H33N3S. The van der Waals surface area contributed by atoms with E-state index in [1.54, 1.807) is 0 Å². The topological polar surface area (TPSA) is 18.5 Å². The van der Waals surface area contributed by atoms with E-state index in [1.807, 2.05) is 11.3 Å². The third-order valence-electron chi connectivity index (χ3n) is 3.94. The van der Waals surface area contributed by atoms with Crippen LogP contribution in [0.1, 0.15) is 43.9 Å². The molecule has 0 amide bonds. The Morgan fingerprint density at radius 1 is 0.905 bits per heavy atom. The second-order valence-electron chi connectivity index (χ2n) is 5.40. The van der Waals surface area contributed by atoms with E-state index in [0.717, 1.165) is 26.2 Å². The zero-order chi connectivity index (χ0) is 15.5. The maximum atomic E-state index is 3.40. The molecule has 3 nitrogen and oxygen atoms in total. The molecule has 0 aromatic carbocycles. The van der Waals surface area contributed by atoms with Crippen LogP contribution in [-0.2, 0) is 13.1 Å². The van der Waals surface area contributed by atoms with Crippen molar-refractivity contribution in [2.45, 2.75) is 47.2 Å². The smallest absolute Gasteiger partial charge is 0.0327 e. The molecule has 0 radical (unpaired) electrons. The monoisotopic (exact) mass is 311 g/mol. The van der Waals surface area contributed by atoms with Gasteiger partial charge in [-0.25, -0.2) is 0 Å². The fraction of sp³-hybridized carbons (Fsp3) is 0.765. The van der Waals surface area contributed by atoms with Crippen LogP contribution in [-0.4, -0.2) is 49.1 Å². The maximum absolute atomic E-state index is 3.40. The summed E-state index contributed by atoms with van der Waals surface area (Å²) in [5.41, 5.74) is 0. The average Bonchev–Trinajstić information content (AvgIpc) is 2.95. The number of rotatable bonds is 12. The van der Waals surface area contributed by atoms with Gasteiger partial charge in [0.25, 0.3) is 0 Å². The average molecular weight is 312 g/mol. The molecule has 1 N–H and O–H groups in total. The molecule has 122 valence electrons. The van der Waals surface area contributed by atoms with Crippen LogP contribution < -0.4 is 5.32 Å². The molecule has 0 saturated carbocycles. The number of thiophene rings is 1. The van der Waals surface area contributed by atoms with Gasteiger partial charge < -0.3 is 10.2 Å². The van der Waals surface area contributed by atoms with Gasteiger partial charge in [-0.3, -0.25) is 4.90 Å². The third-order valence-corrected chi connectivity index (χ3v) is 5.01. The van der Waals surface area contributed by atoms with E-state index in [1.165, 1.54) is 42.4 Å². The van der Waals surface area contributed by atoms with Crippen LogP contribution >= 0.6 is 11.3 Å². The summed E-state index contributed by atoms with van der Waals surface area (Å²) in [6, 6.07) is 4.57. The van der Waals surface area contributed by atoms with Crippen LogP contribution in [0.4, 0.5) is 0 Å². The van der Waals surface area contributed by atoms with Crippen molar-refractivity contribution < 1.29 is 0 Å². The van der Waals surface area contributed by atoms with Crippen LogP contribution in [0.15, 0.2) is 12.1 Å². The lowest BCUT2D eigenvalue weighted by molar-refractivity contribution is 0.240. The fourth-order valence-corrected chi connectivity index (χ4v) is 3.51. The van der Waals surface area contributed by atoms with Gasteiger partial charge in [0, 0.05) is 22.8 Å². The largest absolute Gasteiger partial charge is 0.312 e. The minimum atomic E-state index is 1.01. The van der Waals surface area contributed by atoms with Gasteiger partial charge in [-0.1, -0.05) is 27.7 Å². The minimum absolute atomic E-state index is 1.01. The summed E-state index contributed by atoms with van der Waals surface area (Å²) in [6.45, 7) is 18.0. The first kappa shape index (κ1) is 18.6. The number of nitrogens with one attached hydrogen (secondary N) is 1. The molecule has 4 heteroatoms. The molecule has 0 fully saturated rings. The van der Waals surface area contributed by atoms with Crippen LogP contribution in [0, 0.1) is 0 Å². The highest BCUT2D eigenvalue weighted by Crippen LogP contribution is 2.18. The lowest BCUT2D eigenvalue weighted by Gasteiger charge is -2.22. The van der Waals surface area contributed by atoms with Gasteiger partial charge in [-0.15, -0.1) is 11.3 Å². The number of hydrogen-bond donors (Lipinski definition) is 1. The molecule has 1 heterocycles. The van der Waals surface area contributed by atoms with Gasteiger partial charge in [0.05, 0.1) is 0 Å². The zero-order valence-corrected chi connectivity index (χ0v) is 15.1. The summed E-state index contributed by atoms with van der Waals surface area (Å²) in [6.07, 6.45) is 1.27. The third kappa shape index (κ3) is 7.41. The molecular weight excluding hydrogens is 278 g/mol. The van der Waals surface area contributed by atoms with Gasteiger partial charge in [0.15, 0.2) is 0 Å². The van der Waals surface area contributed by atoms with E-state index in [9.17, 15) is 0 Å². The molecule has 0 spiro atoms. The SMILES string of the molecule is CCNCc1ccc(CN(CC)CCCN(CC)CC)s1. The predicted octanol–water partition coefficient (Wildman–Crippen LogP) is 3.41. The Kier molecular flexibility index (Phi) is 9.92. The summed E-state index contributed by atoms with van der Waals surface area (Å²) < 4.78 is 0. The summed E-state index contributed by atoms with van der Waals surface area (Å²) >= 11 is 1.95. The van der Waals surface area contributed by atoms with E-state index in [2.05, 4.69) is 54.9 Å². The Balaban J connectivity index is 2.34. The van der Waals surface area contributed by atoms with E-state index < -0.39 is 0 Å². The van der Waals surface area contributed by atoms with Crippen molar-refractivity contribution in [2.24, 2.45) is 0 Å². The molecule has 1 rings (SSSR count). The van der Waals surface area contributed by atoms with Crippen molar-refractivity contribution in [3.63, 3.8) is 0 Å².